The minimum Gasteiger partial charge on any atom is -0.508 e. The summed E-state index contributed by atoms with van der Waals surface area (Å²) in [7, 11) is 0. The Labute approximate surface area is 98.1 Å². The van der Waals surface area contributed by atoms with Crippen LogP contribution >= 0.6 is 0 Å². The zero-order chi connectivity index (χ0) is 12.5. The van der Waals surface area contributed by atoms with Crippen LogP contribution in [-0.4, -0.2) is 27.6 Å². The van der Waals surface area contributed by atoms with Crippen molar-refractivity contribution in [2.45, 2.75) is 24.8 Å². The van der Waals surface area contributed by atoms with Crippen molar-refractivity contribution in [3.63, 3.8) is 0 Å². The second-order valence-electron chi connectivity index (χ2n) is 4.24. The molecule has 90 valence electrons. The second-order valence-corrected chi connectivity index (χ2v) is 4.24. The molecule has 1 saturated carbocycles. The van der Waals surface area contributed by atoms with Gasteiger partial charge in [-0.3, -0.25) is 4.79 Å². The van der Waals surface area contributed by atoms with E-state index in [1.165, 1.54) is 24.3 Å². The normalized spacial score (nSPS) is 16.9. The second kappa shape index (κ2) is 4.08. The predicted octanol–water partition coefficient (Wildman–Crippen LogP) is 1.13. The van der Waals surface area contributed by atoms with Crippen LogP contribution in [0.1, 0.15) is 29.6 Å². The Hall–Kier alpha value is -2.04. The van der Waals surface area contributed by atoms with Gasteiger partial charge in [0, 0.05) is 5.56 Å². The average molecular weight is 235 g/mol. The molecule has 5 nitrogen and oxygen atoms in total. The number of carboxylic acids is 1. The number of phenolic OH excluding ortho intramolecular Hbond substituents is 1. The van der Waals surface area contributed by atoms with Gasteiger partial charge in [0.2, 0.25) is 0 Å². The average Bonchev–Trinajstić information content (AvgIpc) is 2.23. The van der Waals surface area contributed by atoms with Gasteiger partial charge in [0.05, 0.1) is 0 Å². The van der Waals surface area contributed by atoms with Gasteiger partial charge < -0.3 is 15.5 Å². The maximum absolute atomic E-state index is 11.8. The van der Waals surface area contributed by atoms with E-state index < -0.39 is 17.4 Å². The first-order valence-electron chi connectivity index (χ1n) is 5.38. The summed E-state index contributed by atoms with van der Waals surface area (Å²) in [6, 6.07) is 5.70. The Morgan fingerprint density at radius 3 is 2.18 bits per heavy atom. The highest BCUT2D eigenvalue weighted by Gasteiger charge is 2.45. The van der Waals surface area contributed by atoms with Gasteiger partial charge in [-0.15, -0.1) is 0 Å². The van der Waals surface area contributed by atoms with Crippen molar-refractivity contribution in [1.82, 2.24) is 5.32 Å². The molecule has 1 aromatic rings. The molecule has 0 spiro atoms. The molecule has 1 aliphatic carbocycles. The summed E-state index contributed by atoms with van der Waals surface area (Å²) < 4.78 is 0. The first-order valence-corrected chi connectivity index (χ1v) is 5.38. The van der Waals surface area contributed by atoms with Crippen molar-refractivity contribution >= 4 is 11.9 Å². The molecule has 0 unspecified atom stereocenters. The summed E-state index contributed by atoms with van der Waals surface area (Å²) in [5.41, 5.74) is -0.759. The fourth-order valence-corrected chi connectivity index (χ4v) is 1.82. The molecule has 5 heteroatoms. The Kier molecular flexibility index (Phi) is 2.75. The van der Waals surface area contributed by atoms with Gasteiger partial charge in [-0.2, -0.15) is 0 Å². The van der Waals surface area contributed by atoms with E-state index in [1.54, 1.807) is 0 Å². The van der Waals surface area contributed by atoms with Crippen LogP contribution in [0.4, 0.5) is 0 Å². The zero-order valence-corrected chi connectivity index (χ0v) is 9.14. The van der Waals surface area contributed by atoms with E-state index in [2.05, 4.69) is 5.32 Å². The lowest BCUT2D eigenvalue weighted by Gasteiger charge is -2.38. The van der Waals surface area contributed by atoms with E-state index in [0.717, 1.165) is 6.42 Å². The minimum atomic E-state index is -1.10. The van der Waals surface area contributed by atoms with Crippen LogP contribution in [0.3, 0.4) is 0 Å². The summed E-state index contributed by atoms with van der Waals surface area (Å²) in [5, 5.41) is 20.7. The molecule has 1 fully saturated rings. The molecule has 0 radical (unpaired) electrons. The number of carbonyl (C=O) groups excluding carboxylic acids is 1. The number of aromatic hydroxyl groups is 1. The van der Waals surface area contributed by atoms with E-state index in [0.29, 0.717) is 18.4 Å². The Morgan fingerprint density at radius 2 is 1.76 bits per heavy atom. The summed E-state index contributed by atoms with van der Waals surface area (Å²) in [4.78, 5) is 22.9. The van der Waals surface area contributed by atoms with Gasteiger partial charge in [0.15, 0.2) is 0 Å². The van der Waals surface area contributed by atoms with Crippen molar-refractivity contribution in [2.24, 2.45) is 0 Å². The van der Waals surface area contributed by atoms with E-state index in [9.17, 15) is 9.59 Å². The van der Waals surface area contributed by atoms with Crippen LogP contribution in [0.25, 0.3) is 0 Å². The first-order chi connectivity index (χ1) is 8.03. The van der Waals surface area contributed by atoms with Crippen molar-refractivity contribution in [1.29, 1.82) is 0 Å². The third-order valence-electron chi connectivity index (χ3n) is 3.10. The van der Waals surface area contributed by atoms with Crippen molar-refractivity contribution in [3.8, 4) is 5.75 Å². The molecule has 0 heterocycles. The van der Waals surface area contributed by atoms with Crippen molar-refractivity contribution < 1.29 is 19.8 Å². The van der Waals surface area contributed by atoms with Crippen LogP contribution < -0.4 is 5.32 Å². The van der Waals surface area contributed by atoms with Gasteiger partial charge in [-0.1, -0.05) is 0 Å². The first kappa shape index (κ1) is 11.4. The maximum Gasteiger partial charge on any atom is 0.329 e. The van der Waals surface area contributed by atoms with Gasteiger partial charge in [0.1, 0.15) is 11.3 Å². The summed E-state index contributed by atoms with van der Waals surface area (Å²) in [5.74, 6) is -1.35. The summed E-state index contributed by atoms with van der Waals surface area (Å²) in [6.07, 6.45) is 1.74. The van der Waals surface area contributed by atoms with E-state index >= 15 is 0 Å². The van der Waals surface area contributed by atoms with Crippen molar-refractivity contribution in [2.75, 3.05) is 0 Å². The number of rotatable bonds is 3. The van der Waals surface area contributed by atoms with Gasteiger partial charge in [-0.05, 0) is 43.5 Å². The molecule has 0 bridgehead atoms. The van der Waals surface area contributed by atoms with Crippen molar-refractivity contribution in [3.05, 3.63) is 29.8 Å². The molecule has 1 aromatic carbocycles. The molecule has 3 N–H and O–H groups in total. The molecule has 2 rings (SSSR count). The highest BCUT2D eigenvalue weighted by molar-refractivity contribution is 5.98. The molecular weight excluding hydrogens is 222 g/mol. The van der Waals surface area contributed by atoms with Crippen LogP contribution in [0.5, 0.6) is 5.75 Å². The zero-order valence-electron chi connectivity index (χ0n) is 9.14. The number of hydrogen-bond donors (Lipinski definition) is 3. The third kappa shape index (κ3) is 2.08. The Balaban J connectivity index is 2.11. The SMILES string of the molecule is O=C(NC1(C(=O)O)CCC1)c1ccc(O)cc1. The van der Waals surface area contributed by atoms with Crippen LogP contribution in [0, 0.1) is 0 Å². The van der Waals surface area contributed by atoms with Gasteiger partial charge >= 0.3 is 5.97 Å². The standard InChI is InChI=1S/C12H13NO4/c14-9-4-2-8(3-5-9)10(15)13-12(11(16)17)6-1-7-12/h2-5,14H,1,6-7H2,(H,13,15)(H,16,17). The molecule has 0 saturated heterocycles. The highest BCUT2D eigenvalue weighted by atomic mass is 16.4. The van der Waals surface area contributed by atoms with E-state index in [4.69, 9.17) is 10.2 Å². The fraction of sp³-hybridized carbons (Fsp3) is 0.333. The Morgan fingerprint density at radius 1 is 1.18 bits per heavy atom. The number of benzene rings is 1. The van der Waals surface area contributed by atoms with Crippen LogP contribution in [0.2, 0.25) is 0 Å². The van der Waals surface area contributed by atoms with E-state index in [-0.39, 0.29) is 5.75 Å². The molecule has 0 aromatic heterocycles. The smallest absolute Gasteiger partial charge is 0.329 e. The highest BCUT2D eigenvalue weighted by Crippen LogP contribution is 2.32. The minimum absolute atomic E-state index is 0.0677. The lowest BCUT2D eigenvalue weighted by atomic mass is 9.76. The number of hydrogen-bond acceptors (Lipinski definition) is 3. The van der Waals surface area contributed by atoms with Crippen LogP contribution in [-0.2, 0) is 4.79 Å². The fourth-order valence-electron chi connectivity index (χ4n) is 1.82. The Bertz CT molecular complexity index is 448. The number of nitrogens with one attached hydrogen (secondary N) is 1. The largest absolute Gasteiger partial charge is 0.508 e. The summed E-state index contributed by atoms with van der Waals surface area (Å²) in [6.45, 7) is 0. The molecule has 17 heavy (non-hydrogen) atoms. The summed E-state index contributed by atoms with van der Waals surface area (Å²) >= 11 is 0. The van der Waals surface area contributed by atoms with E-state index in [1.807, 2.05) is 0 Å². The predicted molar refractivity (Wildman–Crippen MR) is 59.8 cm³/mol. The third-order valence-corrected chi connectivity index (χ3v) is 3.10. The monoisotopic (exact) mass is 235 g/mol. The number of carboxylic acid groups (broad SMARTS) is 1. The molecular formula is C12H13NO4. The van der Waals surface area contributed by atoms with Gasteiger partial charge in [0.25, 0.3) is 5.91 Å². The van der Waals surface area contributed by atoms with Gasteiger partial charge in [-0.25, -0.2) is 4.79 Å². The molecule has 0 atom stereocenters. The maximum atomic E-state index is 11.8. The topological polar surface area (TPSA) is 86.6 Å². The molecule has 1 aliphatic rings. The molecule has 1 amide bonds. The number of amides is 1. The number of carbonyl (C=O) groups is 2. The molecule has 0 aliphatic heterocycles. The number of phenols is 1. The lowest BCUT2D eigenvalue weighted by molar-refractivity contribution is -0.148. The quantitative estimate of drug-likeness (QED) is 0.733. The number of aliphatic carboxylic acids is 1. The van der Waals surface area contributed by atoms with Crippen LogP contribution in [0.15, 0.2) is 24.3 Å². The lowest BCUT2D eigenvalue weighted by Crippen LogP contribution is -2.59.